The molecule has 0 bridgehead atoms. The fraction of sp³-hybridized carbons (Fsp3) is 0.500. The summed E-state index contributed by atoms with van der Waals surface area (Å²) in [5, 5.41) is 9.73. The summed E-state index contributed by atoms with van der Waals surface area (Å²) in [7, 11) is -3.20. The molecule has 0 aliphatic heterocycles. The van der Waals surface area contributed by atoms with Crippen molar-refractivity contribution in [2.45, 2.75) is 58.0 Å². The van der Waals surface area contributed by atoms with E-state index in [2.05, 4.69) is 41.8 Å². The average molecular weight is 551 g/mol. The van der Waals surface area contributed by atoms with E-state index in [9.17, 15) is 8.42 Å². The molecule has 1 aromatic heterocycles. The largest absolute Gasteiger partial charge is 0.357 e. The maximum absolute atomic E-state index is 11.7. The summed E-state index contributed by atoms with van der Waals surface area (Å²) in [5.74, 6) is 0.706. The molecule has 1 heterocycles. The van der Waals surface area contributed by atoms with Gasteiger partial charge in [0.05, 0.1) is 28.7 Å². The minimum Gasteiger partial charge on any atom is -0.357 e. The molecule has 0 radical (unpaired) electrons. The van der Waals surface area contributed by atoms with Gasteiger partial charge in [-0.1, -0.05) is 32.9 Å². The quantitative estimate of drug-likeness (QED) is 0.323. The number of rotatable bonds is 6. The lowest BCUT2D eigenvalue weighted by atomic mass is 9.98. The van der Waals surface area contributed by atoms with Crippen LogP contribution in [0.3, 0.4) is 0 Å². The Kier molecular flexibility index (Phi) is 9.55. The lowest BCUT2D eigenvalue weighted by molar-refractivity contribution is 0.582. The highest BCUT2D eigenvalue weighted by molar-refractivity contribution is 14.0. The summed E-state index contributed by atoms with van der Waals surface area (Å²) in [5.41, 5.74) is 2.75. The van der Waals surface area contributed by atoms with Crippen LogP contribution in [-0.2, 0) is 28.3 Å². The van der Waals surface area contributed by atoms with Gasteiger partial charge in [-0.15, -0.1) is 35.3 Å². The Hall–Kier alpha value is -1.20. The first kappa shape index (κ1) is 25.8. The molecule has 0 unspecified atom stereocenters. The second kappa shape index (κ2) is 10.7. The zero-order valence-corrected chi connectivity index (χ0v) is 21.8. The molecule has 2 aromatic rings. The number of hydrogen-bond acceptors (Lipinski definition) is 5. The molecule has 0 amide bonds. The molecule has 0 spiro atoms. The topological polar surface area (TPSA) is 83.5 Å². The number of aliphatic imine (C=N–C) groups is 1. The van der Waals surface area contributed by atoms with Gasteiger partial charge in [0.1, 0.15) is 0 Å². The number of benzene rings is 1. The van der Waals surface area contributed by atoms with Crippen LogP contribution in [-0.4, -0.2) is 32.2 Å². The summed E-state index contributed by atoms with van der Waals surface area (Å²) >= 11 is 1.68. The molecule has 0 saturated carbocycles. The van der Waals surface area contributed by atoms with Crippen LogP contribution in [0.2, 0.25) is 0 Å². The van der Waals surface area contributed by atoms with Gasteiger partial charge in [-0.25, -0.2) is 18.4 Å². The normalized spacial score (nSPS) is 12.4. The Morgan fingerprint density at radius 2 is 1.93 bits per heavy atom. The second-order valence-electron chi connectivity index (χ2n) is 7.81. The van der Waals surface area contributed by atoms with E-state index in [0.717, 1.165) is 28.4 Å². The molecule has 0 saturated heterocycles. The van der Waals surface area contributed by atoms with Crippen LogP contribution < -0.4 is 10.6 Å². The van der Waals surface area contributed by atoms with Gasteiger partial charge in [0.15, 0.2) is 15.8 Å². The van der Waals surface area contributed by atoms with Crippen molar-refractivity contribution in [3.05, 3.63) is 45.4 Å². The minimum absolute atomic E-state index is 0. The summed E-state index contributed by atoms with van der Waals surface area (Å²) in [6.45, 7) is 12.1. The fourth-order valence-electron chi connectivity index (χ4n) is 2.64. The van der Waals surface area contributed by atoms with Gasteiger partial charge in [-0.2, -0.15) is 0 Å². The van der Waals surface area contributed by atoms with E-state index in [0.29, 0.717) is 23.9 Å². The van der Waals surface area contributed by atoms with Crippen LogP contribution in [0.5, 0.6) is 0 Å². The SMILES string of the molecule is CCNC(=NCc1ccc(S(C)(=O)=O)c(C)c1)NCc1csc(C(C)(C)C)n1.I. The van der Waals surface area contributed by atoms with Crippen LogP contribution >= 0.6 is 35.3 Å². The Morgan fingerprint density at radius 1 is 1.24 bits per heavy atom. The number of halogens is 1. The second-order valence-corrected chi connectivity index (χ2v) is 10.7. The zero-order valence-electron chi connectivity index (χ0n) is 17.9. The molecule has 162 valence electrons. The van der Waals surface area contributed by atoms with Crippen molar-refractivity contribution in [1.82, 2.24) is 15.6 Å². The van der Waals surface area contributed by atoms with Crippen molar-refractivity contribution in [3.63, 3.8) is 0 Å². The lowest BCUT2D eigenvalue weighted by Gasteiger charge is -2.14. The molecule has 0 fully saturated rings. The number of nitrogens with zero attached hydrogens (tertiary/aromatic N) is 2. The van der Waals surface area contributed by atoms with Gasteiger partial charge in [0, 0.05) is 23.6 Å². The molecule has 29 heavy (non-hydrogen) atoms. The third-order valence-corrected chi connectivity index (χ3v) is 6.61. The van der Waals surface area contributed by atoms with Gasteiger partial charge in [-0.05, 0) is 31.0 Å². The summed E-state index contributed by atoms with van der Waals surface area (Å²) < 4.78 is 23.5. The first-order valence-corrected chi connectivity index (χ1v) is 12.0. The third-order valence-electron chi connectivity index (χ3n) is 4.03. The number of thiazole rings is 1. The summed E-state index contributed by atoms with van der Waals surface area (Å²) in [6, 6.07) is 5.34. The monoisotopic (exact) mass is 550 g/mol. The van der Waals surface area contributed by atoms with E-state index in [1.807, 2.05) is 26.0 Å². The van der Waals surface area contributed by atoms with Crippen LogP contribution in [0.25, 0.3) is 0 Å². The Balaban J connectivity index is 0.00000420. The van der Waals surface area contributed by atoms with E-state index >= 15 is 0 Å². The van der Waals surface area contributed by atoms with Crippen molar-refractivity contribution in [3.8, 4) is 0 Å². The zero-order chi connectivity index (χ0) is 20.9. The first-order chi connectivity index (χ1) is 13.0. The molecule has 6 nitrogen and oxygen atoms in total. The molecular formula is C20H31IN4O2S2. The lowest BCUT2D eigenvalue weighted by Crippen LogP contribution is -2.36. The molecule has 2 N–H and O–H groups in total. The van der Waals surface area contributed by atoms with Gasteiger partial charge in [0.2, 0.25) is 0 Å². The standard InChI is InChI=1S/C20H30N4O2S2.HI/c1-7-21-19(23-12-16-13-27-18(24-16)20(3,4)5)22-11-15-8-9-17(14(2)10-15)28(6,25)26;/h8-10,13H,7,11-12H2,1-6H3,(H2,21,22,23);1H. The number of guanidine groups is 1. The van der Waals surface area contributed by atoms with Gasteiger partial charge < -0.3 is 10.6 Å². The number of aryl methyl sites for hydroxylation is 1. The summed E-state index contributed by atoms with van der Waals surface area (Å²) in [4.78, 5) is 9.66. The maximum Gasteiger partial charge on any atom is 0.191 e. The van der Waals surface area contributed by atoms with E-state index in [1.165, 1.54) is 6.26 Å². The number of nitrogens with one attached hydrogen (secondary N) is 2. The molecule has 0 aliphatic rings. The highest BCUT2D eigenvalue weighted by Crippen LogP contribution is 2.25. The van der Waals surface area contributed by atoms with E-state index < -0.39 is 9.84 Å². The van der Waals surface area contributed by atoms with Gasteiger partial charge in [-0.3, -0.25) is 0 Å². The van der Waals surface area contributed by atoms with Gasteiger partial charge >= 0.3 is 0 Å². The Morgan fingerprint density at radius 3 is 2.45 bits per heavy atom. The molecule has 1 aromatic carbocycles. The third kappa shape index (κ3) is 7.86. The van der Waals surface area contributed by atoms with E-state index in [-0.39, 0.29) is 29.4 Å². The number of aromatic nitrogens is 1. The van der Waals surface area contributed by atoms with Crippen LogP contribution in [0.15, 0.2) is 33.5 Å². The Bertz CT molecular complexity index is 948. The van der Waals surface area contributed by atoms with Crippen LogP contribution in [0, 0.1) is 6.92 Å². The average Bonchev–Trinajstić information content (AvgIpc) is 3.05. The van der Waals surface area contributed by atoms with Crippen LogP contribution in [0.1, 0.15) is 49.5 Å². The number of hydrogen-bond donors (Lipinski definition) is 2. The molecule has 9 heteroatoms. The highest BCUT2D eigenvalue weighted by atomic mass is 127. The van der Waals surface area contributed by atoms with Gasteiger partial charge in [0.25, 0.3) is 0 Å². The van der Waals surface area contributed by atoms with E-state index in [1.54, 1.807) is 17.4 Å². The molecule has 0 aliphatic carbocycles. The van der Waals surface area contributed by atoms with Crippen molar-refractivity contribution < 1.29 is 8.42 Å². The highest BCUT2D eigenvalue weighted by Gasteiger charge is 2.18. The molecular weight excluding hydrogens is 519 g/mol. The summed E-state index contributed by atoms with van der Waals surface area (Å²) in [6.07, 6.45) is 1.23. The van der Waals surface area contributed by atoms with Crippen molar-refractivity contribution >= 4 is 51.1 Å². The predicted molar refractivity (Wildman–Crippen MR) is 132 cm³/mol. The Labute approximate surface area is 195 Å². The smallest absolute Gasteiger partial charge is 0.191 e. The van der Waals surface area contributed by atoms with Crippen molar-refractivity contribution in [2.75, 3.05) is 12.8 Å². The maximum atomic E-state index is 11.7. The molecule has 0 atom stereocenters. The van der Waals surface area contributed by atoms with Crippen molar-refractivity contribution in [2.24, 2.45) is 4.99 Å². The predicted octanol–water partition coefficient (Wildman–Crippen LogP) is 4.03. The van der Waals surface area contributed by atoms with Crippen LogP contribution in [0.4, 0.5) is 0 Å². The first-order valence-electron chi connectivity index (χ1n) is 9.27. The minimum atomic E-state index is -3.20. The van der Waals surface area contributed by atoms with Crippen molar-refractivity contribution in [1.29, 1.82) is 0 Å². The van der Waals surface area contributed by atoms with E-state index in [4.69, 9.17) is 4.98 Å². The fourth-order valence-corrected chi connectivity index (χ4v) is 4.51. The molecule has 2 rings (SSSR count). The number of sulfone groups is 1.